The predicted molar refractivity (Wildman–Crippen MR) is 64.0 cm³/mol. The van der Waals surface area contributed by atoms with E-state index in [1.165, 1.54) is 6.08 Å². The van der Waals surface area contributed by atoms with Gasteiger partial charge in [0.15, 0.2) is 11.5 Å². The lowest BCUT2D eigenvalue weighted by molar-refractivity contribution is -0.131. The van der Waals surface area contributed by atoms with E-state index in [-0.39, 0.29) is 0 Å². The van der Waals surface area contributed by atoms with Gasteiger partial charge >= 0.3 is 5.97 Å². The minimum atomic E-state index is -0.951. The van der Waals surface area contributed by atoms with E-state index in [4.69, 9.17) is 9.52 Å². The van der Waals surface area contributed by atoms with Crippen molar-refractivity contribution >= 4 is 22.8 Å². The maximum Gasteiger partial charge on any atom is 0.328 e. The minimum absolute atomic E-state index is 0.449. The highest BCUT2D eigenvalue weighted by molar-refractivity contribution is 5.80. The summed E-state index contributed by atoms with van der Waals surface area (Å²) in [6, 6.07) is 5.57. The fraction of sp³-hybridized carbons (Fsp3) is 0.167. The number of anilines is 1. The number of aliphatic carboxylic acids is 1. The maximum absolute atomic E-state index is 10.3. The first-order chi connectivity index (χ1) is 8.15. The van der Waals surface area contributed by atoms with Crippen LogP contribution in [0.2, 0.25) is 0 Å². The average molecular weight is 232 g/mol. The van der Waals surface area contributed by atoms with Crippen LogP contribution in [0.15, 0.2) is 34.8 Å². The molecule has 88 valence electrons. The Labute approximate surface area is 97.8 Å². The topological polar surface area (TPSA) is 75.4 Å². The molecule has 2 rings (SSSR count). The van der Waals surface area contributed by atoms with Gasteiger partial charge in [-0.25, -0.2) is 9.78 Å². The molecule has 17 heavy (non-hydrogen) atoms. The number of rotatable bonds is 4. The van der Waals surface area contributed by atoms with E-state index in [1.807, 2.05) is 18.2 Å². The Morgan fingerprint density at radius 2 is 2.41 bits per heavy atom. The molecule has 0 aliphatic rings. The van der Waals surface area contributed by atoms with Gasteiger partial charge in [0.2, 0.25) is 0 Å². The first kappa shape index (κ1) is 11.2. The Morgan fingerprint density at radius 1 is 1.59 bits per heavy atom. The summed E-state index contributed by atoms with van der Waals surface area (Å²) in [4.78, 5) is 14.4. The third kappa shape index (κ3) is 2.84. The van der Waals surface area contributed by atoms with Gasteiger partial charge in [0, 0.05) is 31.3 Å². The Balaban J connectivity index is 2.06. The number of hydrogen-bond donors (Lipinski definition) is 2. The Hall–Kier alpha value is -2.30. The number of carboxylic acids is 1. The van der Waals surface area contributed by atoms with Gasteiger partial charge in [0.25, 0.3) is 0 Å². The lowest BCUT2D eigenvalue weighted by Crippen LogP contribution is -1.99. The van der Waals surface area contributed by atoms with Crippen LogP contribution < -0.4 is 5.32 Å². The van der Waals surface area contributed by atoms with Crippen molar-refractivity contribution in [3.63, 3.8) is 0 Å². The Bertz CT molecular complexity index is 572. The molecule has 2 N–H and O–H groups in total. The van der Waals surface area contributed by atoms with Crippen molar-refractivity contribution in [1.82, 2.24) is 4.98 Å². The van der Waals surface area contributed by atoms with E-state index in [1.54, 1.807) is 6.92 Å². The first-order valence-electron chi connectivity index (χ1n) is 5.16. The monoisotopic (exact) mass is 232 g/mol. The second kappa shape index (κ2) is 4.69. The fourth-order valence-corrected chi connectivity index (χ4v) is 1.49. The predicted octanol–water partition coefficient (Wildman–Crippen LogP) is 2.19. The van der Waals surface area contributed by atoms with Crippen molar-refractivity contribution in [3.05, 3.63) is 36.2 Å². The summed E-state index contributed by atoms with van der Waals surface area (Å²) in [6.07, 6.45) is 2.64. The number of aromatic nitrogens is 1. The number of fused-ring (bicyclic) bond motifs is 1. The van der Waals surface area contributed by atoms with Crippen molar-refractivity contribution in [1.29, 1.82) is 0 Å². The van der Waals surface area contributed by atoms with E-state index >= 15 is 0 Å². The highest BCUT2D eigenvalue weighted by atomic mass is 16.4. The zero-order valence-corrected chi connectivity index (χ0v) is 9.30. The third-order valence-electron chi connectivity index (χ3n) is 2.18. The van der Waals surface area contributed by atoms with E-state index in [0.29, 0.717) is 12.4 Å². The summed E-state index contributed by atoms with van der Waals surface area (Å²) in [6.45, 7) is 2.24. The molecule has 0 aliphatic carbocycles. The molecular weight excluding hydrogens is 220 g/mol. The second-order valence-corrected chi connectivity index (χ2v) is 3.54. The highest BCUT2D eigenvalue weighted by Gasteiger charge is 2.02. The normalized spacial score (nSPS) is 11.1. The molecule has 0 fully saturated rings. The van der Waals surface area contributed by atoms with Gasteiger partial charge in [-0.2, -0.15) is 0 Å². The van der Waals surface area contributed by atoms with Gasteiger partial charge in [-0.05, 0) is 12.1 Å². The van der Waals surface area contributed by atoms with Gasteiger partial charge in [-0.3, -0.25) is 0 Å². The number of nitrogens with one attached hydrogen (secondary N) is 1. The molecule has 1 aromatic carbocycles. The molecule has 0 unspecified atom stereocenters. The molecule has 0 bridgehead atoms. The van der Waals surface area contributed by atoms with Crippen LogP contribution in [0.4, 0.5) is 5.69 Å². The zero-order chi connectivity index (χ0) is 12.3. The van der Waals surface area contributed by atoms with Gasteiger partial charge < -0.3 is 14.8 Å². The number of benzene rings is 1. The smallest absolute Gasteiger partial charge is 0.328 e. The van der Waals surface area contributed by atoms with Crippen molar-refractivity contribution in [3.8, 4) is 0 Å². The molecule has 0 radical (unpaired) electrons. The first-order valence-corrected chi connectivity index (χ1v) is 5.16. The SMILES string of the molecule is Cc1nc2ccc(NC/C=C/C(=O)O)cc2o1. The highest BCUT2D eigenvalue weighted by Crippen LogP contribution is 2.19. The van der Waals surface area contributed by atoms with Crippen LogP contribution in [0.25, 0.3) is 11.1 Å². The van der Waals surface area contributed by atoms with Crippen molar-refractivity contribution in [2.75, 3.05) is 11.9 Å². The molecule has 0 saturated carbocycles. The molecule has 0 amide bonds. The molecule has 5 heteroatoms. The lowest BCUT2D eigenvalue weighted by Gasteiger charge is -2.01. The zero-order valence-electron chi connectivity index (χ0n) is 9.30. The number of carbonyl (C=O) groups is 1. The molecule has 0 atom stereocenters. The van der Waals surface area contributed by atoms with Gasteiger partial charge in [0.1, 0.15) is 5.52 Å². The summed E-state index contributed by atoms with van der Waals surface area (Å²) < 4.78 is 5.39. The summed E-state index contributed by atoms with van der Waals surface area (Å²) in [5.41, 5.74) is 2.40. The van der Waals surface area contributed by atoms with Gasteiger partial charge in [-0.15, -0.1) is 0 Å². The number of hydrogen-bond acceptors (Lipinski definition) is 4. The average Bonchev–Trinajstić information content (AvgIpc) is 2.63. The van der Waals surface area contributed by atoms with Crippen LogP contribution in [0, 0.1) is 6.92 Å². The number of nitrogens with zero attached hydrogens (tertiary/aromatic N) is 1. The Kier molecular flexibility index (Phi) is 3.09. The van der Waals surface area contributed by atoms with Crippen LogP contribution in [-0.2, 0) is 4.79 Å². The largest absolute Gasteiger partial charge is 0.478 e. The van der Waals surface area contributed by atoms with E-state index in [2.05, 4.69) is 10.3 Å². The summed E-state index contributed by atoms with van der Waals surface area (Å²) in [7, 11) is 0. The van der Waals surface area contributed by atoms with Crippen LogP contribution in [0.5, 0.6) is 0 Å². The van der Waals surface area contributed by atoms with Crippen LogP contribution in [-0.4, -0.2) is 22.6 Å². The number of aryl methyl sites for hydroxylation is 1. The van der Waals surface area contributed by atoms with E-state index < -0.39 is 5.97 Å². The van der Waals surface area contributed by atoms with Crippen molar-refractivity contribution in [2.24, 2.45) is 0 Å². The number of oxazole rings is 1. The summed E-state index contributed by atoms with van der Waals surface area (Å²) in [5.74, 6) is -0.323. The molecule has 1 aromatic heterocycles. The lowest BCUT2D eigenvalue weighted by atomic mass is 10.3. The van der Waals surface area contributed by atoms with Gasteiger partial charge in [0.05, 0.1) is 0 Å². The quantitative estimate of drug-likeness (QED) is 0.790. The van der Waals surface area contributed by atoms with Crippen molar-refractivity contribution in [2.45, 2.75) is 6.92 Å². The molecular formula is C12H12N2O3. The maximum atomic E-state index is 10.3. The molecule has 0 saturated heterocycles. The van der Waals surface area contributed by atoms with Crippen LogP contribution >= 0.6 is 0 Å². The minimum Gasteiger partial charge on any atom is -0.478 e. The standard InChI is InChI=1S/C12H12N2O3/c1-8-14-10-5-4-9(7-11(10)17-8)13-6-2-3-12(15)16/h2-5,7,13H,6H2,1H3,(H,15,16)/b3-2+. The van der Waals surface area contributed by atoms with E-state index in [0.717, 1.165) is 22.9 Å². The second-order valence-electron chi connectivity index (χ2n) is 3.54. The van der Waals surface area contributed by atoms with Crippen LogP contribution in [0.1, 0.15) is 5.89 Å². The summed E-state index contributed by atoms with van der Waals surface area (Å²) in [5, 5.41) is 11.5. The molecule has 0 aliphatic heterocycles. The third-order valence-corrected chi connectivity index (χ3v) is 2.18. The fourth-order valence-electron chi connectivity index (χ4n) is 1.49. The van der Waals surface area contributed by atoms with Gasteiger partial charge in [-0.1, -0.05) is 6.08 Å². The Morgan fingerprint density at radius 3 is 3.18 bits per heavy atom. The molecule has 2 aromatic rings. The van der Waals surface area contributed by atoms with Crippen molar-refractivity contribution < 1.29 is 14.3 Å². The molecule has 1 heterocycles. The van der Waals surface area contributed by atoms with Crippen LogP contribution in [0.3, 0.4) is 0 Å². The summed E-state index contributed by atoms with van der Waals surface area (Å²) >= 11 is 0. The van der Waals surface area contributed by atoms with E-state index in [9.17, 15) is 4.79 Å². The molecule has 0 spiro atoms. The number of carboxylic acid groups (broad SMARTS) is 1. The molecule has 5 nitrogen and oxygen atoms in total.